The Morgan fingerprint density at radius 1 is 1.26 bits per heavy atom. The van der Waals surface area contributed by atoms with Gasteiger partial charge in [0.2, 0.25) is 6.33 Å². The first-order valence-electron chi connectivity index (χ1n) is 11.2. The van der Waals surface area contributed by atoms with Crippen molar-refractivity contribution in [2.45, 2.75) is 58.2 Å². The van der Waals surface area contributed by atoms with E-state index in [0.29, 0.717) is 40.4 Å². The van der Waals surface area contributed by atoms with Crippen LogP contribution >= 0.6 is 0 Å². The molecule has 0 aliphatic heterocycles. The maximum Gasteiger partial charge on any atom is 0.407 e. The Morgan fingerprint density at radius 2 is 2.06 bits per heavy atom. The van der Waals surface area contributed by atoms with E-state index in [1.165, 1.54) is 7.11 Å². The second-order valence-corrected chi connectivity index (χ2v) is 8.44. The van der Waals surface area contributed by atoms with E-state index in [4.69, 9.17) is 14.5 Å². The summed E-state index contributed by atoms with van der Waals surface area (Å²) >= 11 is 0. The van der Waals surface area contributed by atoms with E-state index < -0.39 is 11.6 Å². The van der Waals surface area contributed by atoms with Crippen molar-refractivity contribution < 1.29 is 19.4 Å². The first-order valence-corrected chi connectivity index (χ1v) is 11.2. The van der Waals surface area contributed by atoms with Gasteiger partial charge in [-0.15, -0.1) is 0 Å². The van der Waals surface area contributed by atoms with Crippen LogP contribution in [0.3, 0.4) is 0 Å². The van der Waals surface area contributed by atoms with Crippen LogP contribution in [0.2, 0.25) is 0 Å². The maximum absolute atomic E-state index is 11.8. The number of carbonyl (C=O) groups is 1. The molecular weight excluding hydrogens is 438 g/mol. The molecule has 11 nitrogen and oxygen atoms in total. The summed E-state index contributed by atoms with van der Waals surface area (Å²) in [7, 11) is 2.90. The molecule has 3 heterocycles. The van der Waals surface area contributed by atoms with Gasteiger partial charge in [0.1, 0.15) is 22.5 Å². The molecule has 0 aliphatic carbocycles. The fourth-order valence-corrected chi connectivity index (χ4v) is 3.74. The Hall–Kier alpha value is -3.47. The molecular formula is C23H32N7O4. The Bertz CT molecular complexity index is 1110. The summed E-state index contributed by atoms with van der Waals surface area (Å²) < 4.78 is 12.0. The predicted octanol–water partition coefficient (Wildman–Crippen LogP) is 2.63. The molecule has 1 amide bonds. The zero-order valence-corrected chi connectivity index (χ0v) is 20.3. The minimum absolute atomic E-state index is 0.0611. The molecule has 0 unspecified atom stereocenters. The van der Waals surface area contributed by atoms with E-state index in [0.717, 1.165) is 12.8 Å². The molecule has 0 fully saturated rings. The number of hydrogen-bond donors (Lipinski definition) is 3. The van der Waals surface area contributed by atoms with Crippen molar-refractivity contribution in [1.82, 2.24) is 30.0 Å². The summed E-state index contributed by atoms with van der Waals surface area (Å²) in [5.41, 5.74) is 1.84. The number of methoxy groups -OCH3 is 2. The van der Waals surface area contributed by atoms with Gasteiger partial charge in [-0.1, -0.05) is 13.3 Å². The summed E-state index contributed by atoms with van der Waals surface area (Å²) in [6.07, 6.45) is 6.24. The standard InChI is InChI=1S/C23H32N7O4/c1-6-7-15(10-11-31)27-21-20-16(24-14-25-21)12-26-30(20)13-17-18(33-4)8-9-19(28-17)23(2,3)29-22(32)34-5/h8-9,12,15,31H,6-7,10-11,13H2,1-5H3,(H,29,32)(H,24,25,27)/t15-/m0/s1. The number of nitrogens with one attached hydrogen (secondary N) is 2. The van der Waals surface area contributed by atoms with Gasteiger partial charge in [-0.25, -0.2) is 19.7 Å². The number of carbonyl (C=O) groups excluding carboxylic acids is 1. The second kappa shape index (κ2) is 11.1. The highest BCUT2D eigenvalue weighted by molar-refractivity contribution is 5.85. The van der Waals surface area contributed by atoms with Crippen molar-refractivity contribution in [3.05, 3.63) is 36.0 Å². The lowest BCUT2D eigenvalue weighted by molar-refractivity contribution is 0.159. The quantitative estimate of drug-likeness (QED) is 0.386. The van der Waals surface area contributed by atoms with E-state index in [9.17, 15) is 9.90 Å². The monoisotopic (exact) mass is 470 g/mol. The molecule has 3 aromatic rings. The number of ether oxygens (including phenoxy) is 2. The van der Waals surface area contributed by atoms with Gasteiger partial charge in [-0.2, -0.15) is 5.10 Å². The molecule has 0 aliphatic rings. The van der Waals surface area contributed by atoms with Gasteiger partial charge in [-0.3, -0.25) is 4.68 Å². The lowest BCUT2D eigenvalue weighted by Crippen LogP contribution is -2.41. The number of fused-ring (bicyclic) bond motifs is 1. The molecule has 0 saturated carbocycles. The summed E-state index contributed by atoms with van der Waals surface area (Å²) in [6, 6.07) is 3.67. The number of aromatic nitrogens is 5. The summed E-state index contributed by atoms with van der Waals surface area (Å²) in [5, 5.41) is 20.1. The smallest absolute Gasteiger partial charge is 0.407 e. The van der Waals surface area contributed by atoms with Gasteiger partial charge in [0.25, 0.3) is 0 Å². The van der Waals surface area contributed by atoms with Crippen LogP contribution < -0.4 is 15.4 Å². The number of nitrogens with zero attached hydrogens (tertiary/aromatic N) is 5. The van der Waals surface area contributed by atoms with Gasteiger partial charge in [0, 0.05) is 12.6 Å². The number of pyridine rings is 1. The lowest BCUT2D eigenvalue weighted by Gasteiger charge is -2.26. The van der Waals surface area contributed by atoms with Gasteiger partial charge in [0.15, 0.2) is 5.82 Å². The largest absolute Gasteiger partial charge is 0.495 e. The highest BCUT2D eigenvalue weighted by Crippen LogP contribution is 2.27. The highest BCUT2D eigenvalue weighted by Gasteiger charge is 2.26. The first-order chi connectivity index (χ1) is 16.3. The molecule has 183 valence electrons. The first kappa shape index (κ1) is 25.2. The topological polar surface area (TPSA) is 136 Å². The van der Waals surface area contributed by atoms with E-state index in [1.54, 1.807) is 24.1 Å². The molecule has 34 heavy (non-hydrogen) atoms. The fourth-order valence-electron chi connectivity index (χ4n) is 3.74. The number of aliphatic hydroxyl groups excluding tert-OH is 1. The van der Waals surface area contributed by atoms with Crippen molar-refractivity contribution in [3.8, 4) is 5.75 Å². The number of alkyl carbamates (subject to hydrolysis) is 1. The van der Waals surface area contributed by atoms with Crippen molar-refractivity contribution in [2.75, 3.05) is 26.1 Å². The molecule has 0 saturated heterocycles. The van der Waals surface area contributed by atoms with Crippen molar-refractivity contribution in [1.29, 1.82) is 0 Å². The fraction of sp³-hybridized carbons (Fsp3) is 0.522. The second-order valence-electron chi connectivity index (χ2n) is 8.44. The zero-order valence-electron chi connectivity index (χ0n) is 20.3. The van der Waals surface area contributed by atoms with E-state index in [2.05, 4.69) is 39.0 Å². The Kier molecular flexibility index (Phi) is 8.21. The van der Waals surface area contributed by atoms with Gasteiger partial charge in [-0.05, 0) is 38.8 Å². The molecule has 0 bridgehead atoms. The normalized spacial score (nSPS) is 12.4. The van der Waals surface area contributed by atoms with Gasteiger partial charge in [0.05, 0.1) is 38.2 Å². The zero-order chi connectivity index (χ0) is 24.7. The Morgan fingerprint density at radius 3 is 2.74 bits per heavy atom. The predicted molar refractivity (Wildman–Crippen MR) is 127 cm³/mol. The number of amides is 1. The van der Waals surface area contributed by atoms with Gasteiger partial charge < -0.3 is 25.2 Å². The van der Waals surface area contributed by atoms with Crippen LogP contribution in [0, 0.1) is 6.33 Å². The summed E-state index contributed by atoms with van der Waals surface area (Å²) in [5.74, 6) is 1.18. The minimum atomic E-state index is -0.775. The van der Waals surface area contributed by atoms with Crippen LogP contribution in [0.1, 0.15) is 51.4 Å². The third-order valence-corrected chi connectivity index (χ3v) is 5.52. The Labute approximate surface area is 198 Å². The molecule has 1 radical (unpaired) electrons. The summed E-state index contributed by atoms with van der Waals surface area (Å²) in [4.78, 5) is 25.1. The molecule has 11 heteroatoms. The molecule has 0 spiro atoms. The lowest BCUT2D eigenvalue weighted by atomic mass is 9.99. The number of aliphatic hydroxyl groups is 1. The molecule has 0 aromatic carbocycles. The Balaban J connectivity index is 1.98. The molecule has 3 rings (SSSR count). The van der Waals surface area contributed by atoms with Crippen LogP contribution in [0.25, 0.3) is 11.0 Å². The van der Waals surface area contributed by atoms with Crippen LogP contribution in [0.4, 0.5) is 10.6 Å². The number of hydrogen-bond acceptors (Lipinski definition) is 9. The SMILES string of the molecule is CCC[C@@H](CCO)Nc1n[c]nc2cnn(Cc3nc(C(C)(C)NC(=O)OC)ccc3OC)c12. The van der Waals surface area contributed by atoms with Gasteiger partial charge >= 0.3 is 6.09 Å². The number of rotatable bonds is 11. The summed E-state index contributed by atoms with van der Waals surface area (Å²) in [6.45, 7) is 6.14. The average molecular weight is 471 g/mol. The van der Waals surface area contributed by atoms with E-state index in [-0.39, 0.29) is 19.2 Å². The van der Waals surface area contributed by atoms with E-state index >= 15 is 0 Å². The van der Waals surface area contributed by atoms with Crippen LogP contribution in [0.5, 0.6) is 5.75 Å². The third kappa shape index (κ3) is 5.71. The number of anilines is 1. The van der Waals surface area contributed by atoms with E-state index in [1.807, 2.05) is 19.9 Å². The van der Waals surface area contributed by atoms with Crippen LogP contribution in [0.15, 0.2) is 18.3 Å². The highest BCUT2D eigenvalue weighted by atomic mass is 16.5. The van der Waals surface area contributed by atoms with Crippen LogP contribution in [-0.4, -0.2) is 62.8 Å². The third-order valence-electron chi connectivity index (χ3n) is 5.52. The molecule has 3 N–H and O–H groups in total. The average Bonchev–Trinajstić information content (AvgIpc) is 3.22. The maximum atomic E-state index is 11.8. The minimum Gasteiger partial charge on any atom is -0.495 e. The molecule has 1 atom stereocenters. The van der Waals surface area contributed by atoms with Crippen molar-refractivity contribution in [2.24, 2.45) is 0 Å². The molecule has 3 aromatic heterocycles. The van der Waals surface area contributed by atoms with Crippen molar-refractivity contribution in [3.63, 3.8) is 0 Å². The van der Waals surface area contributed by atoms with Crippen LogP contribution in [-0.2, 0) is 16.8 Å². The van der Waals surface area contributed by atoms with Crippen molar-refractivity contribution >= 4 is 22.9 Å².